The molecular formula is C19H15N3O6. The molecule has 0 aliphatic carbocycles. The van der Waals surface area contributed by atoms with Crippen molar-refractivity contribution < 1.29 is 14.8 Å². The third-order valence-corrected chi connectivity index (χ3v) is 3.76. The molecule has 0 unspecified atom stereocenters. The standard InChI is InChI=1S/C13H12.C6H3N3O6/c1-2-6-11-8-5-9-12-7-3-4-10-13(11)12;10-7(11)4-1-5(8(12)13)3-6(2-4)9(14)15/h2-5,7-10H,1,6H2;1-3H. The van der Waals surface area contributed by atoms with E-state index in [9.17, 15) is 30.3 Å². The van der Waals surface area contributed by atoms with Crippen LogP contribution in [0.3, 0.4) is 0 Å². The Hall–Kier alpha value is -4.14. The molecule has 0 atom stereocenters. The molecule has 0 fully saturated rings. The Morgan fingerprint density at radius 1 is 0.750 bits per heavy atom. The Labute approximate surface area is 159 Å². The van der Waals surface area contributed by atoms with Gasteiger partial charge in [0.1, 0.15) is 0 Å². The summed E-state index contributed by atoms with van der Waals surface area (Å²) in [4.78, 5) is 28.1. The van der Waals surface area contributed by atoms with Crippen LogP contribution in [0.5, 0.6) is 0 Å². The van der Waals surface area contributed by atoms with Crippen LogP contribution in [-0.4, -0.2) is 14.8 Å². The van der Waals surface area contributed by atoms with Crippen LogP contribution in [0.1, 0.15) is 5.56 Å². The molecule has 0 saturated heterocycles. The smallest absolute Gasteiger partial charge is 0.258 e. The summed E-state index contributed by atoms with van der Waals surface area (Å²) < 4.78 is 0. The number of nitrogens with zero attached hydrogens (tertiary/aromatic N) is 3. The van der Waals surface area contributed by atoms with Gasteiger partial charge in [-0.3, -0.25) is 30.3 Å². The number of benzene rings is 3. The molecule has 0 aliphatic rings. The SMILES string of the molecule is C=CCc1cccc2ccccc12.O=[N+]([O-])c1cc([N+](=O)[O-])cc([N+](=O)[O-])c1. The highest BCUT2D eigenvalue weighted by molar-refractivity contribution is 5.85. The first-order valence-corrected chi connectivity index (χ1v) is 7.99. The van der Waals surface area contributed by atoms with Gasteiger partial charge >= 0.3 is 0 Å². The summed E-state index contributed by atoms with van der Waals surface area (Å²) in [5, 5.41) is 33.6. The molecular weight excluding hydrogens is 366 g/mol. The van der Waals surface area contributed by atoms with Crippen molar-refractivity contribution in [2.75, 3.05) is 0 Å². The average molecular weight is 381 g/mol. The molecule has 9 nitrogen and oxygen atoms in total. The van der Waals surface area contributed by atoms with Gasteiger partial charge in [-0.15, -0.1) is 6.58 Å². The highest BCUT2D eigenvalue weighted by Gasteiger charge is 2.21. The Morgan fingerprint density at radius 2 is 1.21 bits per heavy atom. The Balaban J connectivity index is 0.000000202. The number of nitro groups is 3. The van der Waals surface area contributed by atoms with E-state index in [1.807, 2.05) is 6.08 Å². The van der Waals surface area contributed by atoms with Crippen LogP contribution >= 0.6 is 0 Å². The second kappa shape index (κ2) is 8.99. The summed E-state index contributed by atoms with van der Waals surface area (Å²) in [6.45, 7) is 3.76. The molecule has 0 heterocycles. The predicted molar refractivity (Wildman–Crippen MR) is 104 cm³/mol. The first-order valence-electron chi connectivity index (χ1n) is 7.99. The van der Waals surface area contributed by atoms with Gasteiger partial charge in [-0.1, -0.05) is 48.5 Å². The van der Waals surface area contributed by atoms with Crippen LogP contribution in [0.4, 0.5) is 17.1 Å². The molecule has 0 N–H and O–H groups in total. The molecule has 0 saturated carbocycles. The average Bonchev–Trinajstić information content (AvgIpc) is 2.68. The summed E-state index contributed by atoms with van der Waals surface area (Å²) in [6.07, 6.45) is 2.89. The maximum atomic E-state index is 10.3. The van der Waals surface area contributed by atoms with Crippen LogP contribution in [0.25, 0.3) is 10.8 Å². The largest absolute Gasteiger partial charge is 0.283 e. The van der Waals surface area contributed by atoms with Crippen molar-refractivity contribution in [3.63, 3.8) is 0 Å². The first-order chi connectivity index (χ1) is 13.3. The second-order valence-electron chi connectivity index (χ2n) is 5.61. The van der Waals surface area contributed by atoms with Crippen molar-refractivity contribution in [1.29, 1.82) is 0 Å². The molecule has 142 valence electrons. The van der Waals surface area contributed by atoms with Gasteiger partial charge in [-0.05, 0) is 22.8 Å². The molecule has 3 aromatic rings. The Morgan fingerprint density at radius 3 is 1.68 bits per heavy atom. The van der Waals surface area contributed by atoms with Gasteiger partial charge in [0.25, 0.3) is 17.1 Å². The van der Waals surface area contributed by atoms with E-state index in [0.717, 1.165) is 6.42 Å². The highest BCUT2D eigenvalue weighted by Crippen LogP contribution is 2.26. The lowest BCUT2D eigenvalue weighted by molar-refractivity contribution is -0.403. The molecule has 0 radical (unpaired) electrons. The molecule has 0 spiro atoms. The number of fused-ring (bicyclic) bond motifs is 1. The molecule has 0 aromatic heterocycles. The van der Waals surface area contributed by atoms with Gasteiger partial charge in [-0.25, -0.2) is 0 Å². The van der Waals surface area contributed by atoms with Gasteiger partial charge < -0.3 is 0 Å². The van der Waals surface area contributed by atoms with Crippen molar-refractivity contribution in [2.45, 2.75) is 6.42 Å². The third-order valence-electron chi connectivity index (χ3n) is 3.76. The summed E-state index contributed by atoms with van der Waals surface area (Å²) in [5.74, 6) is 0. The van der Waals surface area contributed by atoms with Crippen LogP contribution in [0.15, 0.2) is 73.3 Å². The van der Waals surface area contributed by atoms with E-state index in [-0.39, 0.29) is 0 Å². The number of allylic oxidation sites excluding steroid dienone is 1. The summed E-state index contributed by atoms with van der Waals surface area (Å²) in [7, 11) is 0. The van der Waals surface area contributed by atoms with Crippen molar-refractivity contribution in [2.24, 2.45) is 0 Å². The minimum atomic E-state index is -0.931. The van der Waals surface area contributed by atoms with E-state index in [4.69, 9.17) is 0 Å². The zero-order valence-corrected chi connectivity index (χ0v) is 14.6. The predicted octanol–water partition coefficient (Wildman–Crippen LogP) is 4.98. The second-order valence-corrected chi connectivity index (χ2v) is 5.61. The first kappa shape index (κ1) is 20.2. The minimum absolute atomic E-state index is 0.660. The minimum Gasteiger partial charge on any atom is -0.258 e. The Bertz CT molecular complexity index is 980. The fourth-order valence-electron chi connectivity index (χ4n) is 2.52. The molecule has 3 aromatic carbocycles. The van der Waals surface area contributed by atoms with E-state index in [2.05, 4.69) is 49.0 Å². The van der Waals surface area contributed by atoms with E-state index in [1.54, 1.807) is 0 Å². The fourth-order valence-corrected chi connectivity index (χ4v) is 2.52. The van der Waals surface area contributed by atoms with Crippen LogP contribution < -0.4 is 0 Å². The van der Waals surface area contributed by atoms with E-state index in [0.29, 0.717) is 18.2 Å². The number of hydrogen-bond acceptors (Lipinski definition) is 6. The van der Waals surface area contributed by atoms with E-state index < -0.39 is 31.8 Å². The van der Waals surface area contributed by atoms with E-state index >= 15 is 0 Å². The van der Waals surface area contributed by atoms with Gasteiger partial charge in [0, 0.05) is 0 Å². The molecule has 0 bridgehead atoms. The normalized spacial score (nSPS) is 9.86. The van der Waals surface area contributed by atoms with Gasteiger partial charge in [0.2, 0.25) is 0 Å². The molecule has 0 amide bonds. The van der Waals surface area contributed by atoms with Crippen molar-refractivity contribution in [3.05, 3.63) is 109 Å². The lowest BCUT2D eigenvalue weighted by Gasteiger charge is -2.02. The highest BCUT2D eigenvalue weighted by atomic mass is 16.6. The van der Waals surface area contributed by atoms with Crippen LogP contribution in [-0.2, 0) is 6.42 Å². The number of rotatable bonds is 5. The summed E-state index contributed by atoms with van der Waals surface area (Å²) >= 11 is 0. The fraction of sp³-hybridized carbons (Fsp3) is 0.0526. The molecule has 0 aliphatic heterocycles. The van der Waals surface area contributed by atoms with Gasteiger partial charge in [-0.2, -0.15) is 0 Å². The van der Waals surface area contributed by atoms with Crippen LogP contribution in [0.2, 0.25) is 0 Å². The number of non-ortho nitro benzene ring substituents is 3. The zero-order chi connectivity index (χ0) is 20.7. The number of nitro benzene ring substituents is 3. The van der Waals surface area contributed by atoms with Crippen molar-refractivity contribution >= 4 is 27.8 Å². The van der Waals surface area contributed by atoms with E-state index in [1.165, 1.54) is 16.3 Å². The number of hydrogen-bond donors (Lipinski definition) is 0. The van der Waals surface area contributed by atoms with Crippen LogP contribution in [0, 0.1) is 30.3 Å². The molecule has 9 heteroatoms. The van der Waals surface area contributed by atoms with Gasteiger partial charge in [0.05, 0.1) is 33.0 Å². The lowest BCUT2D eigenvalue weighted by Crippen LogP contribution is -1.96. The Kier molecular flexibility index (Phi) is 6.48. The maximum absolute atomic E-state index is 10.3. The maximum Gasteiger partial charge on any atom is 0.283 e. The monoisotopic (exact) mass is 381 g/mol. The van der Waals surface area contributed by atoms with Crippen molar-refractivity contribution in [1.82, 2.24) is 0 Å². The lowest BCUT2D eigenvalue weighted by atomic mass is 10.0. The van der Waals surface area contributed by atoms with Gasteiger partial charge in [0.15, 0.2) is 0 Å². The summed E-state index contributed by atoms with van der Waals surface area (Å²) in [5.41, 5.74) is -0.698. The molecule has 3 rings (SSSR count). The quantitative estimate of drug-likeness (QED) is 0.348. The van der Waals surface area contributed by atoms with Crippen molar-refractivity contribution in [3.8, 4) is 0 Å². The third kappa shape index (κ3) is 4.94. The summed E-state index contributed by atoms with van der Waals surface area (Å²) in [6, 6.07) is 16.8. The zero-order valence-electron chi connectivity index (χ0n) is 14.6. The molecule has 28 heavy (non-hydrogen) atoms. The topological polar surface area (TPSA) is 129 Å².